The predicted octanol–water partition coefficient (Wildman–Crippen LogP) is 4.25. The van der Waals surface area contributed by atoms with Crippen molar-refractivity contribution in [2.24, 2.45) is 5.92 Å². The lowest BCUT2D eigenvalue weighted by Gasteiger charge is -2.31. The molecule has 0 radical (unpaired) electrons. The summed E-state index contributed by atoms with van der Waals surface area (Å²) in [6, 6.07) is 11.9. The summed E-state index contributed by atoms with van der Waals surface area (Å²) >= 11 is 0. The first kappa shape index (κ1) is 22.6. The molecular formula is C25H26FN3O4. The quantitative estimate of drug-likeness (QED) is 0.500. The summed E-state index contributed by atoms with van der Waals surface area (Å²) < 4.78 is 24.1. The second-order valence-corrected chi connectivity index (χ2v) is 8.22. The van der Waals surface area contributed by atoms with Crippen LogP contribution in [-0.2, 0) is 11.2 Å². The molecule has 1 aromatic heterocycles. The van der Waals surface area contributed by atoms with Crippen molar-refractivity contribution in [3.8, 4) is 17.1 Å². The molecule has 8 heteroatoms. The first-order valence-electron chi connectivity index (χ1n) is 11.0. The van der Waals surface area contributed by atoms with Gasteiger partial charge in [-0.3, -0.25) is 9.59 Å². The van der Waals surface area contributed by atoms with Crippen LogP contribution in [0.2, 0.25) is 0 Å². The topological polar surface area (TPSA) is 85.5 Å². The van der Waals surface area contributed by atoms with Crippen molar-refractivity contribution >= 4 is 11.7 Å². The molecule has 0 aliphatic carbocycles. The van der Waals surface area contributed by atoms with Gasteiger partial charge in [-0.1, -0.05) is 17.3 Å². The summed E-state index contributed by atoms with van der Waals surface area (Å²) in [5.41, 5.74) is 1.74. The summed E-state index contributed by atoms with van der Waals surface area (Å²) in [6.07, 6.45) is 1.83. The van der Waals surface area contributed by atoms with E-state index in [1.165, 1.54) is 6.07 Å². The fraction of sp³-hybridized carbons (Fsp3) is 0.360. The van der Waals surface area contributed by atoms with Crippen molar-refractivity contribution in [2.45, 2.75) is 32.6 Å². The van der Waals surface area contributed by atoms with Gasteiger partial charge in [-0.2, -0.15) is 4.98 Å². The Kier molecular flexibility index (Phi) is 6.82. The van der Waals surface area contributed by atoms with Gasteiger partial charge in [-0.25, -0.2) is 4.39 Å². The smallest absolute Gasteiger partial charge is 0.227 e. The zero-order chi connectivity index (χ0) is 23.4. The van der Waals surface area contributed by atoms with Gasteiger partial charge in [-0.05, 0) is 55.7 Å². The van der Waals surface area contributed by atoms with Crippen LogP contribution in [0, 0.1) is 18.7 Å². The number of likely N-dealkylation sites (tertiary alicyclic amines) is 1. The Morgan fingerprint density at radius 1 is 1.15 bits per heavy atom. The maximum absolute atomic E-state index is 13.8. The number of aromatic nitrogens is 2. The Labute approximate surface area is 191 Å². The third-order valence-corrected chi connectivity index (χ3v) is 6.04. The highest BCUT2D eigenvalue weighted by atomic mass is 19.1. The molecule has 3 aromatic rings. The van der Waals surface area contributed by atoms with Gasteiger partial charge in [0.15, 0.2) is 5.78 Å². The molecule has 1 aliphatic heterocycles. The number of aryl methyl sites for hydroxylation is 2. The zero-order valence-electron chi connectivity index (χ0n) is 18.7. The van der Waals surface area contributed by atoms with E-state index in [1.54, 1.807) is 55.3 Å². The van der Waals surface area contributed by atoms with Crippen LogP contribution in [0.15, 0.2) is 47.0 Å². The standard InChI is InChI=1S/C25H26FN3O4/c1-16-3-4-19(15-21(16)26)25-27-22(33-28-25)9-10-23(30)29-13-11-18(12-14-29)24(31)17-5-7-20(32-2)8-6-17/h3-8,15,18H,9-14H2,1-2H3. The van der Waals surface area contributed by atoms with Crippen molar-refractivity contribution in [1.82, 2.24) is 15.0 Å². The molecule has 172 valence electrons. The normalized spacial score (nSPS) is 14.3. The molecule has 1 saturated heterocycles. The van der Waals surface area contributed by atoms with Crippen molar-refractivity contribution < 1.29 is 23.2 Å². The molecule has 4 rings (SSSR count). The second-order valence-electron chi connectivity index (χ2n) is 8.22. The van der Waals surface area contributed by atoms with E-state index < -0.39 is 0 Å². The molecule has 0 saturated carbocycles. The van der Waals surface area contributed by atoms with E-state index in [1.807, 2.05) is 0 Å². The maximum Gasteiger partial charge on any atom is 0.227 e. The van der Waals surface area contributed by atoms with Gasteiger partial charge >= 0.3 is 0 Å². The van der Waals surface area contributed by atoms with Crippen LogP contribution in [0.5, 0.6) is 5.75 Å². The Morgan fingerprint density at radius 2 is 1.88 bits per heavy atom. The van der Waals surface area contributed by atoms with E-state index in [4.69, 9.17) is 9.26 Å². The first-order chi connectivity index (χ1) is 15.9. The Hall–Kier alpha value is -3.55. The number of benzene rings is 2. The monoisotopic (exact) mass is 451 g/mol. The molecule has 2 aromatic carbocycles. The Bertz CT molecular complexity index is 1130. The molecule has 7 nitrogen and oxygen atoms in total. The van der Waals surface area contributed by atoms with Crippen LogP contribution in [0.1, 0.15) is 41.1 Å². The summed E-state index contributed by atoms with van der Waals surface area (Å²) in [7, 11) is 1.59. The first-order valence-corrected chi connectivity index (χ1v) is 11.0. The third-order valence-electron chi connectivity index (χ3n) is 6.04. The molecular weight excluding hydrogens is 425 g/mol. The van der Waals surface area contributed by atoms with E-state index in [0.717, 1.165) is 0 Å². The Balaban J connectivity index is 1.27. The number of hydrogen-bond acceptors (Lipinski definition) is 6. The van der Waals surface area contributed by atoms with E-state index in [-0.39, 0.29) is 29.8 Å². The average molecular weight is 451 g/mol. The molecule has 0 atom stereocenters. The number of amides is 1. The molecule has 33 heavy (non-hydrogen) atoms. The van der Waals surface area contributed by atoms with E-state index in [2.05, 4.69) is 10.1 Å². The van der Waals surface area contributed by atoms with Crippen molar-refractivity contribution in [3.05, 3.63) is 65.3 Å². The number of ketones is 1. The average Bonchev–Trinajstić information content (AvgIpc) is 3.33. The second kappa shape index (κ2) is 9.94. The van der Waals surface area contributed by atoms with Crippen LogP contribution >= 0.6 is 0 Å². The van der Waals surface area contributed by atoms with Gasteiger partial charge < -0.3 is 14.2 Å². The number of carbonyl (C=O) groups is 2. The minimum atomic E-state index is -0.331. The highest BCUT2D eigenvalue weighted by Crippen LogP contribution is 2.24. The number of nitrogens with zero attached hydrogens (tertiary/aromatic N) is 3. The van der Waals surface area contributed by atoms with Crippen molar-refractivity contribution in [3.63, 3.8) is 0 Å². The molecule has 0 N–H and O–H groups in total. The van der Waals surface area contributed by atoms with Crippen LogP contribution in [0.3, 0.4) is 0 Å². The minimum Gasteiger partial charge on any atom is -0.497 e. The van der Waals surface area contributed by atoms with Crippen LogP contribution in [-0.4, -0.2) is 46.9 Å². The minimum absolute atomic E-state index is 0.00789. The van der Waals surface area contributed by atoms with Crippen LogP contribution in [0.25, 0.3) is 11.4 Å². The highest BCUT2D eigenvalue weighted by molar-refractivity contribution is 5.98. The zero-order valence-corrected chi connectivity index (χ0v) is 18.7. The highest BCUT2D eigenvalue weighted by Gasteiger charge is 2.28. The van der Waals surface area contributed by atoms with E-state index in [9.17, 15) is 14.0 Å². The maximum atomic E-state index is 13.8. The van der Waals surface area contributed by atoms with Crippen LogP contribution in [0.4, 0.5) is 4.39 Å². The molecule has 1 fully saturated rings. The third kappa shape index (κ3) is 5.27. The van der Waals surface area contributed by atoms with Gasteiger partial charge in [-0.15, -0.1) is 0 Å². The van der Waals surface area contributed by atoms with Crippen molar-refractivity contribution in [2.75, 3.05) is 20.2 Å². The largest absolute Gasteiger partial charge is 0.497 e. The van der Waals surface area contributed by atoms with E-state index in [0.29, 0.717) is 66.5 Å². The number of piperidine rings is 1. The number of Topliss-reactive ketones (excluding diaryl/α,β-unsaturated/α-hetero) is 1. The summed E-state index contributed by atoms with van der Waals surface area (Å²) in [6.45, 7) is 2.77. The number of ether oxygens (including phenoxy) is 1. The molecule has 0 bridgehead atoms. The number of carbonyl (C=O) groups excluding carboxylic acids is 2. The van der Waals surface area contributed by atoms with Crippen LogP contribution < -0.4 is 4.74 Å². The lowest BCUT2D eigenvalue weighted by Crippen LogP contribution is -2.40. The van der Waals surface area contributed by atoms with Gasteiger partial charge in [0.2, 0.25) is 17.6 Å². The SMILES string of the molecule is COc1ccc(C(=O)C2CCN(C(=O)CCc3nc(-c4ccc(C)c(F)c4)no3)CC2)cc1. The molecule has 0 unspecified atom stereocenters. The summed E-state index contributed by atoms with van der Waals surface area (Å²) in [5, 5.41) is 3.89. The number of methoxy groups -OCH3 is 1. The van der Waals surface area contributed by atoms with Crippen molar-refractivity contribution in [1.29, 1.82) is 0 Å². The predicted molar refractivity (Wildman–Crippen MR) is 119 cm³/mol. The molecule has 1 amide bonds. The molecule has 2 heterocycles. The molecule has 1 aliphatic rings. The fourth-order valence-electron chi connectivity index (χ4n) is 3.96. The number of halogens is 1. The van der Waals surface area contributed by atoms with E-state index >= 15 is 0 Å². The number of rotatable bonds is 7. The lowest BCUT2D eigenvalue weighted by molar-refractivity contribution is -0.132. The number of hydrogen-bond donors (Lipinski definition) is 0. The Morgan fingerprint density at radius 3 is 2.55 bits per heavy atom. The fourth-order valence-corrected chi connectivity index (χ4v) is 3.96. The molecule has 0 spiro atoms. The summed E-state index contributed by atoms with van der Waals surface area (Å²) in [5.74, 6) is 1.03. The van der Waals surface area contributed by atoms with Gasteiger partial charge in [0.1, 0.15) is 11.6 Å². The summed E-state index contributed by atoms with van der Waals surface area (Å²) in [4.78, 5) is 31.4. The van der Waals surface area contributed by atoms with Gasteiger partial charge in [0, 0.05) is 43.0 Å². The van der Waals surface area contributed by atoms with Gasteiger partial charge in [0.25, 0.3) is 0 Å². The van der Waals surface area contributed by atoms with Gasteiger partial charge in [0.05, 0.1) is 7.11 Å². The lowest BCUT2D eigenvalue weighted by atomic mass is 9.88.